The first-order chi connectivity index (χ1) is 14.7. The van der Waals surface area contributed by atoms with E-state index in [1.54, 1.807) is 36.4 Å². The molecule has 0 aliphatic carbocycles. The Kier molecular flexibility index (Phi) is 4.69. The number of aromatic nitrogens is 1. The molecule has 0 bridgehead atoms. The van der Waals surface area contributed by atoms with Crippen LogP contribution in [0.1, 0.15) is 5.56 Å². The number of amides is 1. The molecule has 0 spiro atoms. The van der Waals surface area contributed by atoms with Crippen LogP contribution in [0.25, 0.3) is 10.9 Å². The average Bonchev–Trinajstić information content (AvgIpc) is 3.22. The molecule has 9 heteroatoms. The zero-order valence-electron chi connectivity index (χ0n) is 15.6. The molecule has 0 atom stereocenters. The summed E-state index contributed by atoms with van der Waals surface area (Å²) >= 11 is 1.20. The molecule has 2 aliphatic rings. The lowest BCUT2D eigenvalue weighted by atomic mass is 10.1. The molecule has 0 saturated heterocycles. The maximum atomic E-state index is 12.4. The quantitative estimate of drug-likeness (QED) is 0.640. The number of carbonyl (C=O) groups excluding carboxylic acids is 1. The van der Waals surface area contributed by atoms with Crippen molar-refractivity contribution in [3.8, 4) is 29.1 Å². The van der Waals surface area contributed by atoms with E-state index < -0.39 is 0 Å². The number of thioether (sulfide) groups is 1. The Labute approximate surface area is 175 Å². The zero-order valence-corrected chi connectivity index (χ0v) is 16.5. The minimum Gasteiger partial charge on any atom is -0.486 e. The predicted molar refractivity (Wildman–Crippen MR) is 109 cm³/mol. The molecule has 0 unspecified atom stereocenters. The van der Waals surface area contributed by atoms with Crippen molar-refractivity contribution < 1.29 is 23.7 Å². The van der Waals surface area contributed by atoms with Crippen molar-refractivity contribution in [2.75, 3.05) is 31.1 Å². The summed E-state index contributed by atoms with van der Waals surface area (Å²) in [6.07, 6.45) is 0. The molecule has 1 aromatic heterocycles. The molecule has 1 N–H and O–H groups in total. The van der Waals surface area contributed by atoms with Gasteiger partial charge in [-0.05, 0) is 24.3 Å². The van der Waals surface area contributed by atoms with Crippen LogP contribution >= 0.6 is 11.8 Å². The van der Waals surface area contributed by atoms with E-state index in [-0.39, 0.29) is 18.5 Å². The first-order valence-corrected chi connectivity index (χ1v) is 10.1. The van der Waals surface area contributed by atoms with Crippen molar-refractivity contribution in [1.29, 1.82) is 5.26 Å². The topological polar surface area (TPSA) is 103 Å². The minimum atomic E-state index is -0.215. The van der Waals surface area contributed by atoms with E-state index in [2.05, 4.69) is 16.4 Å². The molecule has 5 rings (SSSR count). The minimum absolute atomic E-state index is 0.103. The van der Waals surface area contributed by atoms with Crippen LogP contribution in [0.15, 0.2) is 41.4 Å². The van der Waals surface area contributed by atoms with Crippen molar-refractivity contribution >= 4 is 34.3 Å². The second-order valence-corrected chi connectivity index (χ2v) is 7.51. The molecular weight excluding hydrogens is 406 g/mol. The van der Waals surface area contributed by atoms with Crippen LogP contribution < -0.4 is 24.3 Å². The molecule has 0 fully saturated rings. The van der Waals surface area contributed by atoms with Crippen LogP contribution in [-0.2, 0) is 4.79 Å². The summed E-state index contributed by atoms with van der Waals surface area (Å²) in [4.78, 5) is 17.0. The second-order valence-electron chi connectivity index (χ2n) is 6.55. The first-order valence-electron chi connectivity index (χ1n) is 9.16. The standard InChI is InChI=1S/C21H15N3O5S/c22-9-13-5-12-6-17-19(29-11-28-17)8-15(12)24-21(13)30-10-20(25)23-14-1-2-16-18(7-14)27-4-3-26-16/h1-2,5-8H,3-4,10-11H2,(H,23,25). The monoisotopic (exact) mass is 421 g/mol. The van der Waals surface area contributed by atoms with Gasteiger partial charge in [-0.3, -0.25) is 4.79 Å². The number of fused-ring (bicyclic) bond motifs is 3. The van der Waals surface area contributed by atoms with Gasteiger partial charge in [0.15, 0.2) is 23.0 Å². The van der Waals surface area contributed by atoms with Crippen LogP contribution in [0, 0.1) is 11.3 Å². The molecule has 150 valence electrons. The lowest BCUT2D eigenvalue weighted by Crippen LogP contribution is -2.17. The van der Waals surface area contributed by atoms with Crippen LogP contribution in [0.2, 0.25) is 0 Å². The van der Waals surface area contributed by atoms with Crippen molar-refractivity contribution in [2.24, 2.45) is 0 Å². The average molecular weight is 421 g/mol. The van der Waals surface area contributed by atoms with Gasteiger partial charge in [0.05, 0.1) is 16.8 Å². The highest BCUT2D eigenvalue weighted by atomic mass is 32.2. The number of anilines is 1. The molecule has 0 saturated carbocycles. The smallest absolute Gasteiger partial charge is 0.234 e. The molecular formula is C21H15N3O5S. The fourth-order valence-corrected chi connectivity index (χ4v) is 3.95. The molecule has 2 aliphatic heterocycles. The number of nitriles is 1. The number of hydrogen-bond donors (Lipinski definition) is 1. The summed E-state index contributed by atoms with van der Waals surface area (Å²) in [6.45, 7) is 1.15. The van der Waals surface area contributed by atoms with E-state index in [4.69, 9.17) is 18.9 Å². The van der Waals surface area contributed by atoms with Gasteiger partial charge >= 0.3 is 0 Å². The molecule has 2 aromatic carbocycles. The summed E-state index contributed by atoms with van der Waals surface area (Å²) in [6, 6.07) is 12.7. The zero-order chi connectivity index (χ0) is 20.5. The predicted octanol–water partition coefficient (Wildman–Crippen LogP) is 3.34. The summed E-state index contributed by atoms with van der Waals surface area (Å²) in [5, 5.41) is 13.6. The third-order valence-corrected chi connectivity index (χ3v) is 5.55. The van der Waals surface area contributed by atoms with Crippen molar-refractivity contribution in [3.05, 3.63) is 42.0 Å². The SMILES string of the molecule is N#Cc1cc2cc3c(cc2nc1SCC(=O)Nc1ccc2c(c1)OCCO2)OCO3. The van der Waals surface area contributed by atoms with Crippen LogP contribution in [0.4, 0.5) is 5.69 Å². The maximum Gasteiger partial charge on any atom is 0.234 e. The van der Waals surface area contributed by atoms with E-state index in [0.29, 0.717) is 58.0 Å². The number of carbonyl (C=O) groups is 1. The summed E-state index contributed by atoms with van der Waals surface area (Å²) in [7, 11) is 0. The van der Waals surface area contributed by atoms with Crippen LogP contribution in [0.5, 0.6) is 23.0 Å². The number of ether oxygens (including phenoxy) is 4. The van der Waals surface area contributed by atoms with E-state index in [1.807, 2.05) is 0 Å². The lowest BCUT2D eigenvalue weighted by molar-refractivity contribution is -0.113. The van der Waals surface area contributed by atoms with E-state index in [1.165, 1.54) is 11.8 Å². The van der Waals surface area contributed by atoms with E-state index in [0.717, 1.165) is 5.39 Å². The molecule has 3 aromatic rings. The molecule has 8 nitrogen and oxygen atoms in total. The number of rotatable bonds is 4. The molecule has 0 radical (unpaired) electrons. The molecule has 3 heterocycles. The highest BCUT2D eigenvalue weighted by molar-refractivity contribution is 8.00. The van der Waals surface area contributed by atoms with Crippen molar-refractivity contribution in [3.63, 3.8) is 0 Å². The fourth-order valence-electron chi connectivity index (χ4n) is 3.19. The van der Waals surface area contributed by atoms with Gasteiger partial charge in [0, 0.05) is 23.2 Å². The first kappa shape index (κ1) is 18.4. The largest absolute Gasteiger partial charge is 0.486 e. The number of nitrogens with zero attached hydrogens (tertiary/aromatic N) is 2. The van der Waals surface area contributed by atoms with Gasteiger partial charge in [-0.2, -0.15) is 5.26 Å². The van der Waals surface area contributed by atoms with Crippen LogP contribution in [-0.4, -0.2) is 36.7 Å². The van der Waals surface area contributed by atoms with Gasteiger partial charge in [0.2, 0.25) is 12.7 Å². The van der Waals surface area contributed by atoms with Gasteiger partial charge < -0.3 is 24.3 Å². The second kappa shape index (κ2) is 7.65. The molecule has 1 amide bonds. The van der Waals surface area contributed by atoms with Crippen LogP contribution in [0.3, 0.4) is 0 Å². The van der Waals surface area contributed by atoms with Gasteiger partial charge in [0.25, 0.3) is 0 Å². The number of benzene rings is 2. The van der Waals surface area contributed by atoms with Gasteiger partial charge in [-0.15, -0.1) is 0 Å². The Balaban J connectivity index is 1.31. The van der Waals surface area contributed by atoms with E-state index >= 15 is 0 Å². The van der Waals surface area contributed by atoms with Crippen molar-refractivity contribution in [1.82, 2.24) is 4.98 Å². The normalized spacial score (nSPS) is 13.7. The summed E-state index contributed by atoms with van der Waals surface area (Å²) in [5.41, 5.74) is 1.69. The fraction of sp³-hybridized carbons (Fsp3) is 0.190. The Morgan fingerprint density at radius 3 is 2.63 bits per heavy atom. The summed E-state index contributed by atoms with van der Waals surface area (Å²) in [5.74, 6) is 2.40. The van der Waals surface area contributed by atoms with Gasteiger partial charge in [-0.25, -0.2) is 4.98 Å². The van der Waals surface area contributed by atoms with Gasteiger partial charge in [-0.1, -0.05) is 11.8 Å². The number of pyridine rings is 1. The Morgan fingerprint density at radius 1 is 1.03 bits per heavy atom. The van der Waals surface area contributed by atoms with Gasteiger partial charge in [0.1, 0.15) is 24.3 Å². The molecule has 30 heavy (non-hydrogen) atoms. The Hall–Kier alpha value is -3.64. The third-order valence-electron chi connectivity index (χ3n) is 4.56. The Bertz CT molecular complexity index is 1210. The van der Waals surface area contributed by atoms with Crippen molar-refractivity contribution in [2.45, 2.75) is 5.03 Å². The highest BCUT2D eigenvalue weighted by Crippen LogP contribution is 2.37. The summed E-state index contributed by atoms with van der Waals surface area (Å²) < 4.78 is 21.8. The highest BCUT2D eigenvalue weighted by Gasteiger charge is 2.18. The Morgan fingerprint density at radius 2 is 1.80 bits per heavy atom. The third kappa shape index (κ3) is 3.53. The number of hydrogen-bond acceptors (Lipinski definition) is 8. The lowest BCUT2D eigenvalue weighted by Gasteiger charge is -2.19. The number of nitrogens with one attached hydrogen (secondary N) is 1. The maximum absolute atomic E-state index is 12.4. The van der Waals surface area contributed by atoms with E-state index in [9.17, 15) is 10.1 Å².